The second-order valence-electron chi connectivity index (χ2n) is 7.53. The molecule has 156 valence electrons. The van der Waals surface area contributed by atoms with Gasteiger partial charge in [-0.25, -0.2) is 8.42 Å². The predicted molar refractivity (Wildman–Crippen MR) is 123 cm³/mol. The Morgan fingerprint density at radius 2 is 1.47 bits per heavy atom. The maximum absolute atomic E-state index is 12.7. The van der Waals surface area contributed by atoms with Gasteiger partial charge in [0.2, 0.25) is 10.0 Å². The van der Waals surface area contributed by atoms with Crippen LogP contribution in [0, 0.1) is 20.8 Å². The zero-order chi connectivity index (χ0) is 21.9. The quantitative estimate of drug-likeness (QED) is 0.619. The number of anilines is 2. The third-order valence-electron chi connectivity index (χ3n) is 4.90. The van der Waals surface area contributed by atoms with Crippen molar-refractivity contribution in [2.45, 2.75) is 27.3 Å². The standard InChI is InChI=1S/C24H26N2O3S/c1-17-14-18(2)23(19(3)15-17)25-24(27)21-10-12-22(13-11-21)26(30(4,28)29)16-20-8-6-5-7-9-20/h5-15H,16H2,1-4H3,(H,25,27). The highest BCUT2D eigenvalue weighted by Crippen LogP contribution is 2.24. The van der Waals surface area contributed by atoms with E-state index in [2.05, 4.69) is 5.32 Å². The summed E-state index contributed by atoms with van der Waals surface area (Å²) in [5.41, 5.74) is 5.82. The number of sulfonamides is 1. The number of hydrogen-bond donors (Lipinski definition) is 1. The fourth-order valence-electron chi connectivity index (χ4n) is 3.49. The Morgan fingerprint density at radius 1 is 0.900 bits per heavy atom. The summed E-state index contributed by atoms with van der Waals surface area (Å²) in [4.78, 5) is 12.7. The molecule has 3 aromatic rings. The molecule has 0 saturated heterocycles. The van der Waals surface area contributed by atoms with Crippen LogP contribution in [0.3, 0.4) is 0 Å². The number of carbonyl (C=O) groups excluding carboxylic acids is 1. The largest absolute Gasteiger partial charge is 0.322 e. The van der Waals surface area contributed by atoms with Gasteiger partial charge in [0.15, 0.2) is 0 Å². The van der Waals surface area contributed by atoms with Crippen LogP contribution in [0.2, 0.25) is 0 Å². The molecule has 1 N–H and O–H groups in total. The summed E-state index contributed by atoms with van der Waals surface area (Å²) in [6.45, 7) is 6.18. The summed E-state index contributed by atoms with van der Waals surface area (Å²) < 4.78 is 26.0. The first-order valence-corrected chi connectivity index (χ1v) is 11.5. The minimum atomic E-state index is -3.48. The van der Waals surface area contributed by atoms with Gasteiger partial charge in [0.05, 0.1) is 18.5 Å². The number of hydrogen-bond acceptors (Lipinski definition) is 3. The molecule has 0 aliphatic rings. The molecule has 0 heterocycles. The van der Waals surface area contributed by atoms with Crippen LogP contribution in [0.1, 0.15) is 32.6 Å². The monoisotopic (exact) mass is 422 g/mol. The Morgan fingerprint density at radius 3 is 2.00 bits per heavy atom. The number of nitrogens with zero attached hydrogens (tertiary/aromatic N) is 1. The van der Waals surface area contributed by atoms with Gasteiger partial charge in [-0.2, -0.15) is 0 Å². The maximum Gasteiger partial charge on any atom is 0.255 e. The topological polar surface area (TPSA) is 66.5 Å². The average molecular weight is 423 g/mol. The Hall–Kier alpha value is -3.12. The van der Waals surface area contributed by atoms with Crippen molar-refractivity contribution >= 4 is 27.3 Å². The van der Waals surface area contributed by atoms with E-state index in [0.29, 0.717) is 11.3 Å². The van der Waals surface area contributed by atoms with E-state index in [1.165, 1.54) is 10.6 Å². The molecular formula is C24H26N2O3S. The van der Waals surface area contributed by atoms with Gasteiger partial charge in [-0.1, -0.05) is 48.0 Å². The zero-order valence-corrected chi connectivity index (χ0v) is 18.5. The average Bonchev–Trinajstić information content (AvgIpc) is 2.69. The second kappa shape index (κ2) is 8.71. The molecule has 5 nitrogen and oxygen atoms in total. The summed E-state index contributed by atoms with van der Waals surface area (Å²) in [5, 5.41) is 2.97. The van der Waals surface area contributed by atoms with E-state index in [-0.39, 0.29) is 12.5 Å². The van der Waals surface area contributed by atoms with Gasteiger partial charge in [0.25, 0.3) is 5.91 Å². The number of rotatable bonds is 6. The molecule has 0 radical (unpaired) electrons. The zero-order valence-electron chi connectivity index (χ0n) is 17.6. The van der Waals surface area contributed by atoms with Gasteiger partial charge in [-0.3, -0.25) is 9.10 Å². The van der Waals surface area contributed by atoms with Gasteiger partial charge in [0.1, 0.15) is 0 Å². The highest BCUT2D eigenvalue weighted by Gasteiger charge is 2.18. The molecule has 0 saturated carbocycles. The van der Waals surface area contributed by atoms with Crippen molar-refractivity contribution < 1.29 is 13.2 Å². The van der Waals surface area contributed by atoms with Crippen LogP contribution in [0.5, 0.6) is 0 Å². The number of carbonyl (C=O) groups is 1. The van der Waals surface area contributed by atoms with Crippen molar-refractivity contribution in [3.8, 4) is 0 Å². The first-order chi connectivity index (χ1) is 14.1. The molecule has 30 heavy (non-hydrogen) atoms. The van der Waals surface area contributed by atoms with Crippen molar-refractivity contribution in [1.29, 1.82) is 0 Å². The lowest BCUT2D eigenvalue weighted by Gasteiger charge is -2.23. The summed E-state index contributed by atoms with van der Waals surface area (Å²) in [7, 11) is -3.48. The van der Waals surface area contributed by atoms with E-state index in [1.807, 2.05) is 63.2 Å². The molecule has 0 atom stereocenters. The summed E-state index contributed by atoms with van der Waals surface area (Å²) in [6, 6.07) is 20.1. The third kappa shape index (κ3) is 5.07. The van der Waals surface area contributed by atoms with Crippen molar-refractivity contribution in [2.75, 3.05) is 15.9 Å². The smallest absolute Gasteiger partial charge is 0.255 e. The summed E-state index contributed by atoms with van der Waals surface area (Å²) in [6.07, 6.45) is 1.18. The molecule has 1 amide bonds. The minimum absolute atomic E-state index is 0.229. The normalized spacial score (nSPS) is 11.2. The molecule has 3 aromatic carbocycles. The fraction of sp³-hybridized carbons (Fsp3) is 0.208. The molecule has 0 bridgehead atoms. The number of aryl methyl sites for hydroxylation is 3. The summed E-state index contributed by atoms with van der Waals surface area (Å²) in [5.74, 6) is -0.231. The molecule has 3 rings (SSSR count). The molecule has 0 aliphatic carbocycles. The Balaban J connectivity index is 1.83. The van der Waals surface area contributed by atoms with Gasteiger partial charge in [-0.15, -0.1) is 0 Å². The van der Waals surface area contributed by atoms with Gasteiger partial charge in [-0.05, 0) is 61.7 Å². The van der Waals surface area contributed by atoms with Crippen LogP contribution >= 0.6 is 0 Å². The Labute approximate surface area is 178 Å². The Kier molecular flexibility index (Phi) is 6.27. The van der Waals surface area contributed by atoms with Crippen molar-refractivity contribution in [2.24, 2.45) is 0 Å². The third-order valence-corrected chi connectivity index (χ3v) is 6.04. The first kappa shape index (κ1) is 21.6. The van der Waals surface area contributed by atoms with E-state index < -0.39 is 10.0 Å². The van der Waals surface area contributed by atoms with E-state index in [1.54, 1.807) is 24.3 Å². The predicted octanol–water partition coefficient (Wildman–Crippen LogP) is 4.83. The highest BCUT2D eigenvalue weighted by molar-refractivity contribution is 7.92. The number of nitrogens with one attached hydrogen (secondary N) is 1. The maximum atomic E-state index is 12.7. The minimum Gasteiger partial charge on any atom is -0.322 e. The van der Waals surface area contributed by atoms with E-state index in [0.717, 1.165) is 27.9 Å². The molecular weight excluding hydrogens is 396 g/mol. The van der Waals surface area contributed by atoms with Crippen molar-refractivity contribution in [1.82, 2.24) is 0 Å². The van der Waals surface area contributed by atoms with Crippen LogP contribution < -0.4 is 9.62 Å². The molecule has 6 heteroatoms. The van der Waals surface area contributed by atoms with E-state index in [9.17, 15) is 13.2 Å². The highest BCUT2D eigenvalue weighted by atomic mass is 32.2. The van der Waals surface area contributed by atoms with Gasteiger partial charge in [0, 0.05) is 11.3 Å². The lowest BCUT2D eigenvalue weighted by atomic mass is 10.0. The van der Waals surface area contributed by atoms with Gasteiger partial charge >= 0.3 is 0 Å². The fourth-order valence-corrected chi connectivity index (χ4v) is 4.38. The van der Waals surface area contributed by atoms with E-state index >= 15 is 0 Å². The first-order valence-electron chi connectivity index (χ1n) is 9.66. The van der Waals surface area contributed by atoms with Crippen LogP contribution in [-0.2, 0) is 16.6 Å². The summed E-state index contributed by atoms with van der Waals surface area (Å²) >= 11 is 0. The van der Waals surface area contributed by atoms with Crippen LogP contribution in [-0.4, -0.2) is 20.6 Å². The van der Waals surface area contributed by atoms with Crippen LogP contribution in [0.25, 0.3) is 0 Å². The lowest BCUT2D eigenvalue weighted by Crippen LogP contribution is -2.29. The lowest BCUT2D eigenvalue weighted by molar-refractivity contribution is 0.102. The van der Waals surface area contributed by atoms with E-state index in [4.69, 9.17) is 0 Å². The van der Waals surface area contributed by atoms with Crippen molar-refractivity contribution in [3.05, 3.63) is 94.5 Å². The molecule has 0 aromatic heterocycles. The number of amides is 1. The SMILES string of the molecule is Cc1cc(C)c(NC(=O)c2ccc(N(Cc3ccccc3)S(C)(=O)=O)cc2)c(C)c1. The molecule has 0 unspecified atom stereocenters. The number of benzene rings is 3. The van der Waals surface area contributed by atoms with Crippen LogP contribution in [0.4, 0.5) is 11.4 Å². The molecule has 0 spiro atoms. The van der Waals surface area contributed by atoms with Crippen LogP contribution in [0.15, 0.2) is 66.7 Å². The molecule has 0 fully saturated rings. The Bertz CT molecular complexity index is 1130. The van der Waals surface area contributed by atoms with Crippen molar-refractivity contribution in [3.63, 3.8) is 0 Å². The molecule has 0 aliphatic heterocycles. The second-order valence-corrected chi connectivity index (χ2v) is 9.44. The van der Waals surface area contributed by atoms with Gasteiger partial charge < -0.3 is 5.32 Å².